The topological polar surface area (TPSA) is 55.5 Å². The van der Waals surface area contributed by atoms with Crippen LogP contribution in [0.1, 0.15) is 32.1 Å². The summed E-state index contributed by atoms with van der Waals surface area (Å²) in [4.78, 5) is 0. The maximum absolute atomic E-state index is 10.2. The summed E-state index contributed by atoms with van der Waals surface area (Å²) >= 11 is 0. The van der Waals surface area contributed by atoms with Gasteiger partial charge in [-0.25, -0.2) is 0 Å². The first-order chi connectivity index (χ1) is 5.66. The molecule has 0 atom stereocenters. The zero-order chi connectivity index (χ0) is 8.66. The van der Waals surface area contributed by atoms with E-state index in [4.69, 9.17) is 10.5 Å². The third kappa shape index (κ3) is 1.08. The normalized spacial score (nSPS) is 32.5. The molecule has 12 heavy (non-hydrogen) atoms. The van der Waals surface area contributed by atoms with Gasteiger partial charge >= 0.3 is 0 Å². The summed E-state index contributed by atoms with van der Waals surface area (Å²) in [5.74, 6) is 0. The van der Waals surface area contributed by atoms with E-state index in [1.807, 2.05) is 0 Å². The van der Waals surface area contributed by atoms with Crippen molar-refractivity contribution in [3.63, 3.8) is 0 Å². The van der Waals surface area contributed by atoms with Gasteiger partial charge in [0, 0.05) is 31.6 Å². The molecule has 1 heterocycles. The summed E-state index contributed by atoms with van der Waals surface area (Å²) in [6, 6.07) is 0. The van der Waals surface area contributed by atoms with Crippen molar-refractivity contribution in [1.82, 2.24) is 0 Å². The van der Waals surface area contributed by atoms with Crippen LogP contribution in [0.3, 0.4) is 0 Å². The summed E-state index contributed by atoms with van der Waals surface area (Å²) < 4.78 is 5.21. The average Bonchev–Trinajstić information content (AvgIpc) is 2.01. The van der Waals surface area contributed by atoms with Crippen LogP contribution in [0.2, 0.25) is 0 Å². The monoisotopic (exact) mass is 171 g/mol. The van der Waals surface area contributed by atoms with Crippen molar-refractivity contribution in [2.45, 2.75) is 43.2 Å². The molecule has 0 spiro atoms. The largest absolute Gasteiger partial charge is 0.388 e. The molecule has 3 N–H and O–H groups in total. The molecule has 0 bridgehead atoms. The molecule has 1 aliphatic heterocycles. The predicted molar refractivity (Wildman–Crippen MR) is 45.8 cm³/mol. The van der Waals surface area contributed by atoms with Gasteiger partial charge in [-0.05, 0) is 19.3 Å². The smallest absolute Gasteiger partial charge is 0.0870 e. The van der Waals surface area contributed by atoms with E-state index in [2.05, 4.69) is 0 Å². The van der Waals surface area contributed by atoms with Crippen molar-refractivity contribution in [2.24, 2.45) is 5.73 Å². The highest BCUT2D eigenvalue weighted by atomic mass is 16.5. The lowest BCUT2D eigenvalue weighted by atomic mass is 9.63. The van der Waals surface area contributed by atoms with Crippen LogP contribution < -0.4 is 5.73 Å². The molecule has 0 unspecified atom stereocenters. The molecule has 0 aromatic carbocycles. The molecule has 3 nitrogen and oxygen atoms in total. The van der Waals surface area contributed by atoms with E-state index in [-0.39, 0.29) is 5.54 Å². The van der Waals surface area contributed by atoms with Gasteiger partial charge in [-0.15, -0.1) is 0 Å². The lowest BCUT2D eigenvalue weighted by Crippen LogP contribution is -2.66. The minimum Gasteiger partial charge on any atom is -0.388 e. The highest BCUT2D eigenvalue weighted by Crippen LogP contribution is 2.43. The minimum absolute atomic E-state index is 0.295. The maximum Gasteiger partial charge on any atom is 0.0870 e. The van der Waals surface area contributed by atoms with Crippen molar-refractivity contribution >= 4 is 0 Å². The summed E-state index contributed by atoms with van der Waals surface area (Å²) in [5.41, 5.74) is 5.18. The standard InChI is InChI=1S/C9H17NO2/c10-8(2-1-3-8)9(11)4-6-12-7-5-9/h11H,1-7,10H2. The van der Waals surface area contributed by atoms with E-state index in [0.717, 1.165) is 12.8 Å². The molecular weight excluding hydrogens is 154 g/mol. The molecule has 0 aromatic heterocycles. The fraction of sp³-hybridized carbons (Fsp3) is 1.00. The van der Waals surface area contributed by atoms with Crippen LogP contribution in [0, 0.1) is 0 Å². The van der Waals surface area contributed by atoms with E-state index in [1.165, 1.54) is 6.42 Å². The van der Waals surface area contributed by atoms with Gasteiger partial charge in [0.05, 0.1) is 5.60 Å². The fourth-order valence-corrected chi connectivity index (χ4v) is 2.23. The van der Waals surface area contributed by atoms with Crippen molar-refractivity contribution in [2.75, 3.05) is 13.2 Å². The van der Waals surface area contributed by atoms with Gasteiger partial charge in [0.2, 0.25) is 0 Å². The van der Waals surface area contributed by atoms with E-state index in [0.29, 0.717) is 26.1 Å². The third-order valence-electron chi connectivity index (χ3n) is 3.49. The van der Waals surface area contributed by atoms with Gasteiger partial charge < -0.3 is 15.6 Å². The van der Waals surface area contributed by atoms with Gasteiger partial charge in [-0.1, -0.05) is 0 Å². The van der Waals surface area contributed by atoms with Gasteiger partial charge in [-0.3, -0.25) is 0 Å². The third-order valence-corrected chi connectivity index (χ3v) is 3.49. The van der Waals surface area contributed by atoms with Gasteiger partial charge in [-0.2, -0.15) is 0 Å². The highest BCUT2D eigenvalue weighted by Gasteiger charge is 2.51. The maximum atomic E-state index is 10.2. The second kappa shape index (κ2) is 2.69. The van der Waals surface area contributed by atoms with Gasteiger partial charge in [0.1, 0.15) is 0 Å². The molecule has 1 saturated carbocycles. The Labute approximate surface area is 72.9 Å². The quantitative estimate of drug-likeness (QED) is 0.600. The van der Waals surface area contributed by atoms with Crippen LogP contribution in [0.4, 0.5) is 0 Å². The second-order valence-electron chi connectivity index (χ2n) is 4.15. The molecule has 2 fully saturated rings. The van der Waals surface area contributed by atoms with E-state index >= 15 is 0 Å². The van der Waals surface area contributed by atoms with Crippen LogP contribution in [0.15, 0.2) is 0 Å². The summed E-state index contributed by atoms with van der Waals surface area (Å²) in [6.07, 6.45) is 4.54. The average molecular weight is 171 g/mol. The van der Waals surface area contributed by atoms with Crippen LogP contribution >= 0.6 is 0 Å². The molecule has 3 heteroatoms. The zero-order valence-electron chi connectivity index (χ0n) is 7.38. The Bertz CT molecular complexity index is 171. The van der Waals surface area contributed by atoms with E-state index in [1.54, 1.807) is 0 Å². The molecule has 70 valence electrons. The molecule has 2 rings (SSSR count). The first kappa shape index (κ1) is 8.48. The Morgan fingerprint density at radius 2 is 1.67 bits per heavy atom. The summed E-state index contributed by atoms with van der Waals surface area (Å²) in [6.45, 7) is 1.32. The van der Waals surface area contributed by atoms with E-state index < -0.39 is 5.60 Å². The Kier molecular flexibility index (Phi) is 1.90. The Morgan fingerprint density at radius 1 is 1.08 bits per heavy atom. The Hall–Kier alpha value is -0.120. The lowest BCUT2D eigenvalue weighted by Gasteiger charge is -2.52. The number of hydrogen-bond donors (Lipinski definition) is 2. The Balaban J connectivity index is 2.07. The number of ether oxygens (including phenoxy) is 1. The second-order valence-corrected chi connectivity index (χ2v) is 4.15. The summed E-state index contributed by atoms with van der Waals surface area (Å²) in [5, 5.41) is 10.2. The van der Waals surface area contributed by atoms with Crippen molar-refractivity contribution < 1.29 is 9.84 Å². The number of hydrogen-bond acceptors (Lipinski definition) is 3. The molecular formula is C9H17NO2. The summed E-state index contributed by atoms with van der Waals surface area (Å²) in [7, 11) is 0. The van der Waals surface area contributed by atoms with Gasteiger partial charge in [0.15, 0.2) is 0 Å². The van der Waals surface area contributed by atoms with Crippen LogP contribution in [0.25, 0.3) is 0 Å². The molecule has 2 aliphatic rings. The number of nitrogens with two attached hydrogens (primary N) is 1. The van der Waals surface area contributed by atoms with E-state index in [9.17, 15) is 5.11 Å². The Morgan fingerprint density at radius 3 is 2.08 bits per heavy atom. The predicted octanol–water partition coefficient (Wildman–Crippen LogP) is 0.409. The van der Waals surface area contributed by atoms with Crippen molar-refractivity contribution in [3.8, 4) is 0 Å². The molecule has 0 radical (unpaired) electrons. The van der Waals surface area contributed by atoms with Crippen LogP contribution in [-0.2, 0) is 4.74 Å². The fourth-order valence-electron chi connectivity index (χ4n) is 2.23. The highest BCUT2D eigenvalue weighted by molar-refractivity contribution is 5.09. The molecule has 0 aromatic rings. The first-order valence-corrected chi connectivity index (χ1v) is 4.75. The minimum atomic E-state index is -0.635. The molecule has 0 amide bonds. The lowest BCUT2D eigenvalue weighted by molar-refractivity contribution is -0.131. The SMILES string of the molecule is NC1(C2(O)CCOCC2)CCC1. The van der Waals surface area contributed by atoms with Crippen molar-refractivity contribution in [3.05, 3.63) is 0 Å². The zero-order valence-corrected chi connectivity index (χ0v) is 7.38. The van der Waals surface area contributed by atoms with Gasteiger partial charge in [0.25, 0.3) is 0 Å². The van der Waals surface area contributed by atoms with Crippen molar-refractivity contribution in [1.29, 1.82) is 0 Å². The number of rotatable bonds is 1. The first-order valence-electron chi connectivity index (χ1n) is 4.75. The van der Waals surface area contributed by atoms with Crippen LogP contribution in [-0.4, -0.2) is 29.5 Å². The number of aliphatic hydroxyl groups is 1. The molecule has 1 saturated heterocycles. The van der Waals surface area contributed by atoms with Crippen LogP contribution in [0.5, 0.6) is 0 Å². The molecule has 1 aliphatic carbocycles.